The minimum atomic E-state index is 0.424. The summed E-state index contributed by atoms with van der Waals surface area (Å²) >= 11 is 0. The van der Waals surface area contributed by atoms with Gasteiger partial charge in [-0.15, -0.1) is 0 Å². The van der Waals surface area contributed by atoms with Crippen molar-refractivity contribution in [1.82, 2.24) is 19.9 Å². The second-order valence-corrected chi connectivity index (χ2v) is 15.5. The summed E-state index contributed by atoms with van der Waals surface area (Å²) in [7, 11) is 0.848. The fraction of sp³-hybridized carbons (Fsp3) is 0.611. The standard InChI is InChI=1S/C36H54N4O2Si2/c1-7-9-13-27(3)15-11-17-29(5)43-41-35-21-19-31(23-39-35)33-25-38-34(26-37-33)32-20-22-36(40-24-32)42-44-30(6)18-12-16-28(4)14-10-8-2/h19-30H,7-18H2,1-6H3. The Bertz CT molecular complexity index is 1070. The Morgan fingerprint density at radius 1 is 0.523 bits per heavy atom. The molecule has 3 aromatic heterocycles. The fourth-order valence-electron chi connectivity index (χ4n) is 5.19. The normalized spacial score (nSPS) is 14.1. The van der Waals surface area contributed by atoms with Gasteiger partial charge in [0.15, 0.2) is 11.8 Å². The highest BCUT2D eigenvalue weighted by Gasteiger charge is 2.12. The second-order valence-electron chi connectivity index (χ2n) is 12.7. The summed E-state index contributed by atoms with van der Waals surface area (Å²) in [4.78, 5) is 18.3. The third kappa shape index (κ3) is 13.6. The van der Waals surface area contributed by atoms with E-state index in [9.17, 15) is 0 Å². The maximum atomic E-state index is 6.00. The SMILES string of the molecule is CCCCC(C)CCCC(C)[Si]Oc1ccc(-c2cnc(-c3ccc(O[Si]C(C)CCCC(C)CCCC)nc3)cn2)cn1. The molecule has 4 radical (unpaired) electrons. The average Bonchev–Trinajstić information content (AvgIpc) is 3.05. The zero-order valence-electron chi connectivity index (χ0n) is 28.0. The molecule has 3 aromatic rings. The lowest BCUT2D eigenvalue weighted by Gasteiger charge is -2.13. The van der Waals surface area contributed by atoms with Gasteiger partial charge in [-0.3, -0.25) is 9.97 Å². The van der Waals surface area contributed by atoms with Crippen LogP contribution < -0.4 is 8.85 Å². The second kappa shape index (κ2) is 20.4. The van der Waals surface area contributed by atoms with Crippen LogP contribution in [0.15, 0.2) is 49.1 Å². The molecule has 238 valence electrons. The van der Waals surface area contributed by atoms with Gasteiger partial charge in [0.2, 0.25) is 0 Å². The molecule has 0 amide bonds. The molecule has 3 heterocycles. The molecule has 0 aliphatic carbocycles. The summed E-state index contributed by atoms with van der Waals surface area (Å²) in [6.07, 6.45) is 22.8. The van der Waals surface area contributed by atoms with Gasteiger partial charge in [0.25, 0.3) is 0 Å². The number of aromatic nitrogens is 4. The Morgan fingerprint density at radius 3 is 1.27 bits per heavy atom. The van der Waals surface area contributed by atoms with Gasteiger partial charge in [0.1, 0.15) is 0 Å². The van der Waals surface area contributed by atoms with E-state index in [1.54, 1.807) is 12.4 Å². The molecule has 0 aromatic carbocycles. The van der Waals surface area contributed by atoms with Crippen LogP contribution in [0.3, 0.4) is 0 Å². The van der Waals surface area contributed by atoms with E-state index in [0.29, 0.717) is 42.4 Å². The largest absolute Gasteiger partial charge is 0.528 e. The van der Waals surface area contributed by atoms with Crippen molar-refractivity contribution in [2.45, 2.75) is 130 Å². The van der Waals surface area contributed by atoms with E-state index in [2.05, 4.69) is 61.5 Å². The summed E-state index contributed by atoms with van der Waals surface area (Å²) in [5, 5.41) is 0. The van der Waals surface area contributed by atoms with Crippen LogP contribution in [-0.2, 0) is 0 Å². The van der Waals surface area contributed by atoms with E-state index in [-0.39, 0.29) is 0 Å². The van der Waals surface area contributed by atoms with Gasteiger partial charge < -0.3 is 8.85 Å². The van der Waals surface area contributed by atoms with Crippen molar-refractivity contribution >= 4 is 19.5 Å². The zero-order valence-corrected chi connectivity index (χ0v) is 30.0. The third-order valence-corrected chi connectivity index (χ3v) is 10.3. The quantitative estimate of drug-likeness (QED) is 0.103. The average molecular weight is 631 g/mol. The first kappa shape index (κ1) is 35.9. The molecular formula is C36H54N4O2Si2. The van der Waals surface area contributed by atoms with Crippen LogP contribution in [0.4, 0.5) is 0 Å². The monoisotopic (exact) mass is 630 g/mol. The van der Waals surface area contributed by atoms with Crippen molar-refractivity contribution in [2.75, 3.05) is 0 Å². The van der Waals surface area contributed by atoms with Gasteiger partial charge in [-0.2, -0.15) is 0 Å². The smallest absolute Gasteiger partial charge is 0.316 e. The summed E-state index contributed by atoms with van der Waals surface area (Å²) in [5.74, 6) is 3.00. The fourth-order valence-corrected chi connectivity index (χ4v) is 6.72. The molecule has 3 rings (SSSR count). The maximum Gasteiger partial charge on any atom is 0.316 e. The Labute approximate surface area is 272 Å². The molecule has 44 heavy (non-hydrogen) atoms. The van der Waals surface area contributed by atoms with E-state index < -0.39 is 0 Å². The minimum Gasteiger partial charge on any atom is -0.528 e. The molecule has 0 fully saturated rings. The molecule has 6 nitrogen and oxygen atoms in total. The van der Waals surface area contributed by atoms with Crippen LogP contribution in [0, 0.1) is 11.8 Å². The number of pyridine rings is 2. The first-order valence-electron chi connectivity index (χ1n) is 17.0. The van der Waals surface area contributed by atoms with Crippen LogP contribution in [0.1, 0.15) is 119 Å². The lowest BCUT2D eigenvalue weighted by atomic mass is 9.98. The van der Waals surface area contributed by atoms with E-state index in [4.69, 9.17) is 8.85 Å². The highest BCUT2D eigenvalue weighted by Crippen LogP contribution is 2.24. The molecule has 0 bridgehead atoms. The predicted octanol–water partition coefficient (Wildman–Crippen LogP) is 10.2. The lowest BCUT2D eigenvalue weighted by molar-refractivity contribution is 0.443. The molecular weight excluding hydrogens is 577 g/mol. The molecule has 0 N–H and O–H groups in total. The van der Waals surface area contributed by atoms with Crippen LogP contribution in [-0.4, -0.2) is 39.5 Å². The topological polar surface area (TPSA) is 70.0 Å². The number of hydrogen-bond acceptors (Lipinski definition) is 6. The van der Waals surface area contributed by atoms with Crippen molar-refractivity contribution in [2.24, 2.45) is 11.8 Å². The highest BCUT2D eigenvalue weighted by molar-refractivity contribution is 6.30. The van der Waals surface area contributed by atoms with Gasteiger partial charge in [0.05, 0.1) is 23.8 Å². The first-order valence-corrected chi connectivity index (χ1v) is 18.9. The molecule has 0 aliphatic heterocycles. The van der Waals surface area contributed by atoms with E-state index in [1.165, 1.54) is 77.0 Å². The van der Waals surface area contributed by atoms with Gasteiger partial charge >= 0.3 is 19.5 Å². The molecule has 0 saturated carbocycles. The number of hydrogen-bond donors (Lipinski definition) is 0. The summed E-state index contributed by atoms with van der Waals surface area (Å²) in [6.45, 7) is 13.8. The molecule has 0 spiro atoms. The molecule has 8 heteroatoms. The Hall–Kier alpha value is -2.59. The predicted molar refractivity (Wildman–Crippen MR) is 185 cm³/mol. The van der Waals surface area contributed by atoms with Crippen LogP contribution >= 0.6 is 0 Å². The number of unbranched alkanes of at least 4 members (excludes halogenated alkanes) is 2. The summed E-state index contributed by atoms with van der Waals surface area (Å²) in [5.41, 5.74) is 4.49. The molecule has 0 aliphatic rings. The van der Waals surface area contributed by atoms with E-state index in [1.807, 2.05) is 36.7 Å². The summed E-state index contributed by atoms with van der Waals surface area (Å²) in [6, 6.07) is 7.85. The van der Waals surface area contributed by atoms with Crippen LogP contribution in [0.5, 0.6) is 11.8 Å². The van der Waals surface area contributed by atoms with Crippen molar-refractivity contribution in [3.05, 3.63) is 49.1 Å². The zero-order chi connectivity index (χ0) is 31.6. The highest BCUT2D eigenvalue weighted by atomic mass is 28.2. The van der Waals surface area contributed by atoms with Crippen molar-refractivity contribution in [3.8, 4) is 34.3 Å². The molecule has 4 unspecified atom stereocenters. The molecule has 4 atom stereocenters. The van der Waals surface area contributed by atoms with Crippen molar-refractivity contribution in [3.63, 3.8) is 0 Å². The Kier molecular flexibility index (Phi) is 16.7. The van der Waals surface area contributed by atoms with Crippen LogP contribution in [0.2, 0.25) is 11.1 Å². The summed E-state index contributed by atoms with van der Waals surface area (Å²) < 4.78 is 12.0. The maximum absolute atomic E-state index is 6.00. The van der Waals surface area contributed by atoms with Gasteiger partial charge in [-0.05, 0) is 47.2 Å². The number of nitrogens with zero attached hydrogens (tertiary/aromatic N) is 4. The van der Waals surface area contributed by atoms with Gasteiger partial charge in [-0.25, -0.2) is 9.97 Å². The lowest BCUT2D eigenvalue weighted by Crippen LogP contribution is -2.10. The first-order chi connectivity index (χ1) is 21.4. The Morgan fingerprint density at radius 2 is 0.932 bits per heavy atom. The third-order valence-electron chi connectivity index (χ3n) is 8.21. The van der Waals surface area contributed by atoms with Crippen molar-refractivity contribution in [1.29, 1.82) is 0 Å². The van der Waals surface area contributed by atoms with Crippen molar-refractivity contribution < 1.29 is 8.85 Å². The molecule has 0 saturated heterocycles. The van der Waals surface area contributed by atoms with E-state index >= 15 is 0 Å². The Balaban J connectivity index is 1.39. The van der Waals surface area contributed by atoms with Gasteiger partial charge in [-0.1, -0.05) is 119 Å². The van der Waals surface area contributed by atoms with Crippen LogP contribution in [0.25, 0.3) is 22.5 Å². The number of rotatable bonds is 22. The van der Waals surface area contributed by atoms with Gasteiger partial charge in [0, 0.05) is 23.5 Å². The van der Waals surface area contributed by atoms with E-state index in [0.717, 1.165) is 34.4 Å². The minimum absolute atomic E-state index is 0.424.